The molecule has 0 saturated carbocycles. The molecular formula is C16H22O3. The number of Topliss-reactive ketones (excluding diaryl/α,β-unsaturated/α-hetero) is 2. The van der Waals surface area contributed by atoms with Crippen molar-refractivity contribution in [2.45, 2.75) is 46.5 Å². The van der Waals surface area contributed by atoms with Gasteiger partial charge in [-0.3, -0.25) is 9.59 Å². The van der Waals surface area contributed by atoms with Crippen LogP contribution in [0.25, 0.3) is 0 Å². The second-order valence-corrected chi connectivity index (χ2v) is 6.08. The average Bonchev–Trinajstić information content (AvgIpc) is 2.25. The number of carbonyl (C=O) groups is 2. The Labute approximate surface area is 114 Å². The summed E-state index contributed by atoms with van der Waals surface area (Å²) >= 11 is 0. The summed E-state index contributed by atoms with van der Waals surface area (Å²) < 4.78 is 0. The fourth-order valence-electron chi connectivity index (χ4n) is 2.12. The summed E-state index contributed by atoms with van der Waals surface area (Å²) in [6.45, 7) is 8.92. The zero-order valence-electron chi connectivity index (χ0n) is 12.3. The molecule has 0 atom stereocenters. The van der Waals surface area contributed by atoms with Gasteiger partial charge in [0.15, 0.2) is 0 Å². The summed E-state index contributed by atoms with van der Waals surface area (Å²) in [5.41, 5.74) is 1.55. The molecular weight excluding hydrogens is 240 g/mol. The fourth-order valence-corrected chi connectivity index (χ4v) is 2.12. The molecule has 0 aromatic heterocycles. The Kier molecular flexibility index (Phi) is 4.51. The lowest BCUT2D eigenvalue weighted by molar-refractivity contribution is -0.130. The van der Waals surface area contributed by atoms with E-state index in [2.05, 4.69) is 0 Å². The first-order chi connectivity index (χ1) is 8.62. The highest BCUT2D eigenvalue weighted by Gasteiger charge is 2.22. The Hall–Kier alpha value is -1.64. The van der Waals surface area contributed by atoms with Crippen molar-refractivity contribution in [2.24, 2.45) is 5.92 Å². The first-order valence-electron chi connectivity index (χ1n) is 6.46. The lowest BCUT2D eigenvalue weighted by Gasteiger charge is -2.22. The molecule has 1 aromatic rings. The van der Waals surface area contributed by atoms with Crippen LogP contribution in [0.5, 0.6) is 5.75 Å². The molecule has 0 radical (unpaired) electrons. The number of hydrogen-bond acceptors (Lipinski definition) is 3. The maximum Gasteiger partial charge on any atom is 0.140 e. The molecule has 0 aliphatic heterocycles. The van der Waals surface area contributed by atoms with Crippen LogP contribution in [0.2, 0.25) is 0 Å². The van der Waals surface area contributed by atoms with Gasteiger partial charge in [-0.1, -0.05) is 32.9 Å². The van der Waals surface area contributed by atoms with Crippen molar-refractivity contribution < 1.29 is 14.7 Å². The Balaban J connectivity index is 3.10. The van der Waals surface area contributed by atoms with E-state index in [1.807, 2.05) is 26.8 Å². The van der Waals surface area contributed by atoms with Gasteiger partial charge in [0.05, 0.1) is 5.92 Å². The van der Waals surface area contributed by atoms with Crippen LogP contribution in [-0.2, 0) is 21.4 Å². The Bertz CT molecular complexity index is 481. The van der Waals surface area contributed by atoms with Crippen LogP contribution in [0.15, 0.2) is 18.2 Å². The van der Waals surface area contributed by atoms with Crippen molar-refractivity contribution in [3.63, 3.8) is 0 Å². The second-order valence-electron chi connectivity index (χ2n) is 6.08. The predicted molar refractivity (Wildman–Crippen MR) is 75.4 cm³/mol. The third kappa shape index (κ3) is 3.91. The normalized spacial score (nSPS) is 11.7. The van der Waals surface area contributed by atoms with Crippen LogP contribution in [0.1, 0.15) is 45.7 Å². The summed E-state index contributed by atoms with van der Waals surface area (Å²) in [5, 5.41) is 9.89. The molecule has 1 rings (SSSR count). The van der Waals surface area contributed by atoms with Crippen molar-refractivity contribution in [3.8, 4) is 5.75 Å². The van der Waals surface area contributed by atoms with Gasteiger partial charge < -0.3 is 5.11 Å². The molecule has 0 aliphatic carbocycles. The van der Waals surface area contributed by atoms with Crippen molar-refractivity contribution in [2.75, 3.05) is 0 Å². The quantitative estimate of drug-likeness (QED) is 0.849. The Morgan fingerprint density at radius 1 is 1.16 bits per heavy atom. The van der Waals surface area contributed by atoms with E-state index >= 15 is 0 Å². The number of phenols is 1. The van der Waals surface area contributed by atoms with Crippen molar-refractivity contribution >= 4 is 11.6 Å². The van der Waals surface area contributed by atoms with Crippen LogP contribution in [0.3, 0.4) is 0 Å². The number of benzene rings is 1. The number of hydrogen-bond donors (Lipinski definition) is 1. The van der Waals surface area contributed by atoms with Crippen LogP contribution in [-0.4, -0.2) is 16.7 Å². The zero-order valence-corrected chi connectivity index (χ0v) is 12.3. The molecule has 0 unspecified atom stereocenters. The highest BCUT2D eigenvalue weighted by Crippen LogP contribution is 2.31. The summed E-state index contributed by atoms with van der Waals surface area (Å²) in [7, 11) is 0. The number of carbonyl (C=O) groups excluding carboxylic acids is 2. The minimum Gasteiger partial charge on any atom is -0.508 e. The minimum absolute atomic E-state index is 0.113. The average molecular weight is 262 g/mol. The summed E-state index contributed by atoms with van der Waals surface area (Å²) in [5.74, 6) is -0.563. The monoisotopic (exact) mass is 262 g/mol. The van der Waals surface area contributed by atoms with E-state index in [0.29, 0.717) is 6.42 Å². The minimum atomic E-state index is -0.586. The first-order valence-corrected chi connectivity index (χ1v) is 6.46. The van der Waals surface area contributed by atoms with E-state index in [1.165, 1.54) is 13.8 Å². The smallest absolute Gasteiger partial charge is 0.140 e. The van der Waals surface area contributed by atoms with E-state index in [4.69, 9.17) is 0 Å². The van der Waals surface area contributed by atoms with Crippen LogP contribution in [0.4, 0.5) is 0 Å². The van der Waals surface area contributed by atoms with E-state index < -0.39 is 5.92 Å². The summed E-state index contributed by atoms with van der Waals surface area (Å²) in [6, 6.07) is 5.28. The third-order valence-corrected chi connectivity index (χ3v) is 3.29. The van der Waals surface area contributed by atoms with Gasteiger partial charge in [0, 0.05) is 0 Å². The lowest BCUT2D eigenvalue weighted by atomic mass is 9.83. The van der Waals surface area contributed by atoms with Gasteiger partial charge >= 0.3 is 0 Å². The molecule has 3 nitrogen and oxygen atoms in total. The largest absolute Gasteiger partial charge is 0.508 e. The molecule has 3 heteroatoms. The molecule has 1 N–H and O–H groups in total. The summed E-state index contributed by atoms with van der Waals surface area (Å²) in [6.07, 6.45) is 0.397. The molecule has 0 amide bonds. The molecule has 0 heterocycles. The van der Waals surface area contributed by atoms with E-state index in [9.17, 15) is 14.7 Å². The number of phenolic OH excluding ortho intramolecular Hbond substituents is 1. The maximum absolute atomic E-state index is 11.5. The van der Waals surface area contributed by atoms with E-state index in [0.717, 1.165) is 11.1 Å². The van der Waals surface area contributed by atoms with Crippen molar-refractivity contribution in [1.29, 1.82) is 0 Å². The second kappa shape index (κ2) is 5.55. The van der Waals surface area contributed by atoms with Gasteiger partial charge in [0.2, 0.25) is 0 Å². The Morgan fingerprint density at radius 2 is 1.68 bits per heavy atom. The molecule has 0 spiro atoms. The van der Waals surface area contributed by atoms with E-state index in [1.54, 1.807) is 12.1 Å². The van der Waals surface area contributed by atoms with E-state index in [-0.39, 0.29) is 22.7 Å². The SMILES string of the molecule is CC(=O)C(Cc1ccc(O)c(C(C)(C)C)c1)C(C)=O. The third-order valence-electron chi connectivity index (χ3n) is 3.29. The van der Waals surface area contributed by atoms with Crippen LogP contribution >= 0.6 is 0 Å². The van der Waals surface area contributed by atoms with Gasteiger partial charge in [0.1, 0.15) is 17.3 Å². The van der Waals surface area contributed by atoms with Gasteiger partial charge in [-0.2, -0.15) is 0 Å². The molecule has 1 aromatic carbocycles. The number of aromatic hydroxyl groups is 1. The van der Waals surface area contributed by atoms with Gasteiger partial charge in [-0.15, -0.1) is 0 Å². The zero-order chi connectivity index (χ0) is 14.8. The van der Waals surface area contributed by atoms with Gasteiger partial charge in [0.25, 0.3) is 0 Å². The Morgan fingerprint density at radius 3 is 2.11 bits per heavy atom. The molecule has 0 aliphatic rings. The molecule has 0 saturated heterocycles. The van der Waals surface area contributed by atoms with Gasteiger partial charge in [-0.25, -0.2) is 0 Å². The molecule has 0 bridgehead atoms. The maximum atomic E-state index is 11.5. The van der Waals surface area contributed by atoms with Crippen LogP contribution in [0, 0.1) is 5.92 Å². The molecule has 19 heavy (non-hydrogen) atoms. The summed E-state index contributed by atoms with van der Waals surface area (Å²) in [4.78, 5) is 22.9. The predicted octanol–water partition coefficient (Wildman–Crippen LogP) is 3.03. The molecule has 104 valence electrons. The lowest BCUT2D eigenvalue weighted by Crippen LogP contribution is -2.22. The standard InChI is InChI=1S/C16H22O3/c1-10(17)13(11(2)18)8-12-6-7-15(19)14(9-12)16(3,4)5/h6-7,9,13,19H,8H2,1-5H3. The highest BCUT2D eigenvalue weighted by atomic mass is 16.3. The van der Waals surface area contributed by atoms with Crippen molar-refractivity contribution in [1.82, 2.24) is 0 Å². The highest BCUT2D eigenvalue weighted by molar-refractivity contribution is 6.00. The fraction of sp³-hybridized carbons (Fsp3) is 0.500. The topological polar surface area (TPSA) is 54.4 Å². The van der Waals surface area contributed by atoms with Gasteiger partial charge in [-0.05, 0) is 42.9 Å². The van der Waals surface area contributed by atoms with Crippen molar-refractivity contribution in [3.05, 3.63) is 29.3 Å². The number of rotatable bonds is 4. The van der Waals surface area contributed by atoms with Crippen LogP contribution < -0.4 is 0 Å². The number of ketones is 2. The first kappa shape index (κ1) is 15.4. The molecule has 0 fully saturated rings.